The lowest BCUT2D eigenvalue weighted by atomic mass is 10.0. The number of benzene rings is 3. The van der Waals surface area contributed by atoms with Gasteiger partial charge >= 0.3 is 5.97 Å². The Morgan fingerprint density at radius 3 is 2.29 bits per heavy atom. The van der Waals surface area contributed by atoms with Crippen molar-refractivity contribution in [2.45, 2.75) is 6.92 Å². The SMILES string of the molecule is COc1ccccc1/C(C#N)=C\c1ccc(OC(=O)c2ccc(C)cc2)cc1. The Labute approximate surface area is 164 Å². The Hall–Kier alpha value is -3.84. The van der Waals surface area contributed by atoms with E-state index in [-0.39, 0.29) is 0 Å². The van der Waals surface area contributed by atoms with Crippen molar-refractivity contribution in [1.82, 2.24) is 0 Å². The standard InChI is InChI=1S/C24H19NO3/c1-17-7-11-19(12-8-17)24(26)28-21-13-9-18(10-14-21)15-20(16-25)22-5-3-4-6-23(22)27-2/h3-15H,1-2H3/b20-15-. The molecule has 138 valence electrons. The Balaban J connectivity index is 1.78. The summed E-state index contributed by atoms with van der Waals surface area (Å²) in [6.07, 6.45) is 1.77. The Morgan fingerprint density at radius 1 is 0.964 bits per heavy atom. The van der Waals surface area contributed by atoms with Crippen molar-refractivity contribution in [3.05, 3.63) is 95.1 Å². The monoisotopic (exact) mass is 369 g/mol. The second-order valence-electron chi connectivity index (χ2n) is 6.19. The van der Waals surface area contributed by atoms with E-state index in [4.69, 9.17) is 9.47 Å². The van der Waals surface area contributed by atoms with Crippen molar-refractivity contribution < 1.29 is 14.3 Å². The summed E-state index contributed by atoms with van der Waals surface area (Å²) in [6, 6.07) is 23.8. The number of hydrogen-bond donors (Lipinski definition) is 0. The highest BCUT2D eigenvalue weighted by atomic mass is 16.5. The lowest BCUT2D eigenvalue weighted by molar-refractivity contribution is 0.0735. The number of aryl methyl sites for hydroxylation is 1. The molecule has 0 heterocycles. The number of methoxy groups -OCH3 is 1. The van der Waals surface area contributed by atoms with Crippen molar-refractivity contribution >= 4 is 17.6 Å². The summed E-state index contributed by atoms with van der Waals surface area (Å²) in [5.74, 6) is 0.674. The topological polar surface area (TPSA) is 59.3 Å². The molecule has 4 nitrogen and oxygen atoms in total. The number of nitrogens with zero attached hydrogens (tertiary/aromatic N) is 1. The number of hydrogen-bond acceptors (Lipinski definition) is 4. The molecule has 3 aromatic carbocycles. The predicted octanol–water partition coefficient (Wildman–Crippen LogP) is 5.29. The summed E-state index contributed by atoms with van der Waals surface area (Å²) in [5.41, 5.74) is 3.61. The predicted molar refractivity (Wildman–Crippen MR) is 109 cm³/mol. The van der Waals surface area contributed by atoms with Gasteiger partial charge in [0.25, 0.3) is 0 Å². The third-order valence-electron chi connectivity index (χ3n) is 4.21. The van der Waals surface area contributed by atoms with Gasteiger partial charge in [-0.15, -0.1) is 0 Å². The van der Waals surface area contributed by atoms with E-state index in [1.807, 2.05) is 43.3 Å². The summed E-state index contributed by atoms with van der Waals surface area (Å²) in [5, 5.41) is 9.54. The number of carbonyl (C=O) groups is 1. The van der Waals surface area contributed by atoms with Crippen LogP contribution in [0.1, 0.15) is 27.0 Å². The van der Waals surface area contributed by atoms with Gasteiger partial charge < -0.3 is 9.47 Å². The largest absolute Gasteiger partial charge is 0.496 e. The smallest absolute Gasteiger partial charge is 0.343 e. The normalized spacial score (nSPS) is 10.8. The zero-order valence-electron chi connectivity index (χ0n) is 15.7. The summed E-state index contributed by atoms with van der Waals surface area (Å²) in [6.45, 7) is 1.96. The van der Waals surface area contributed by atoms with Gasteiger partial charge in [0.05, 0.1) is 24.3 Å². The molecular formula is C24H19NO3. The first-order valence-corrected chi connectivity index (χ1v) is 8.75. The van der Waals surface area contributed by atoms with Crippen molar-refractivity contribution in [3.63, 3.8) is 0 Å². The van der Waals surface area contributed by atoms with E-state index in [9.17, 15) is 10.1 Å². The Kier molecular flexibility index (Phi) is 5.88. The van der Waals surface area contributed by atoms with E-state index >= 15 is 0 Å². The van der Waals surface area contributed by atoms with Gasteiger partial charge in [-0.1, -0.05) is 42.0 Å². The van der Waals surface area contributed by atoms with Crippen LogP contribution in [0.2, 0.25) is 0 Å². The van der Waals surface area contributed by atoms with E-state index in [2.05, 4.69) is 6.07 Å². The quantitative estimate of drug-likeness (QED) is 0.265. The molecule has 0 aliphatic heterocycles. The first-order valence-electron chi connectivity index (χ1n) is 8.75. The number of ether oxygens (including phenoxy) is 2. The maximum absolute atomic E-state index is 12.2. The average Bonchev–Trinajstić information content (AvgIpc) is 2.73. The second-order valence-corrected chi connectivity index (χ2v) is 6.19. The Bertz CT molecular complexity index is 1040. The van der Waals surface area contributed by atoms with Gasteiger partial charge in [0, 0.05) is 5.56 Å². The molecular weight excluding hydrogens is 350 g/mol. The highest BCUT2D eigenvalue weighted by Crippen LogP contribution is 2.27. The van der Waals surface area contributed by atoms with Gasteiger partial charge in [0.2, 0.25) is 0 Å². The van der Waals surface area contributed by atoms with Gasteiger partial charge in [-0.25, -0.2) is 4.79 Å². The first-order chi connectivity index (χ1) is 13.6. The molecule has 0 radical (unpaired) electrons. The highest BCUT2D eigenvalue weighted by Gasteiger charge is 2.09. The molecule has 0 spiro atoms. The molecule has 0 aliphatic rings. The molecule has 0 saturated carbocycles. The number of allylic oxidation sites excluding steroid dienone is 1. The van der Waals surface area contributed by atoms with Gasteiger partial charge in [-0.2, -0.15) is 5.26 Å². The molecule has 0 fully saturated rings. The van der Waals surface area contributed by atoms with Crippen molar-refractivity contribution in [3.8, 4) is 17.6 Å². The minimum absolute atomic E-state index is 0.407. The van der Waals surface area contributed by atoms with Crippen LogP contribution in [0.4, 0.5) is 0 Å². The van der Waals surface area contributed by atoms with Gasteiger partial charge in [0.15, 0.2) is 0 Å². The van der Waals surface area contributed by atoms with Crippen LogP contribution in [0.5, 0.6) is 11.5 Å². The minimum Gasteiger partial charge on any atom is -0.496 e. The lowest BCUT2D eigenvalue weighted by Gasteiger charge is -2.07. The van der Waals surface area contributed by atoms with Crippen LogP contribution in [0, 0.1) is 18.3 Å². The summed E-state index contributed by atoms with van der Waals surface area (Å²) < 4.78 is 10.7. The van der Waals surface area contributed by atoms with E-state index < -0.39 is 5.97 Å². The number of esters is 1. The molecule has 0 saturated heterocycles. The number of para-hydroxylation sites is 1. The molecule has 0 amide bonds. The number of nitriles is 1. The lowest BCUT2D eigenvalue weighted by Crippen LogP contribution is -2.08. The van der Waals surface area contributed by atoms with Gasteiger partial charge in [-0.05, 0) is 55.0 Å². The number of carbonyl (C=O) groups excluding carboxylic acids is 1. The zero-order valence-corrected chi connectivity index (χ0v) is 15.7. The molecule has 0 aliphatic carbocycles. The van der Waals surface area contributed by atoms with Crippen LogP contribution in [0.3, 0.4) is 0 Å². The fourth-order valence-corrected chi connectivity index (χ4v) is 2.69. The van der Waals surface area contributed by atoms with Crippen molar-refractivity contribution in [2.24, 2.45) is 0 Å². The van der Waals surface area contributed by atoms with Crippen LogP contribution in [0.25, 0.3) is 11.6 Å². The van der Waals surface area contributed by atoms with Crippen LogP contribution >= 0.6 is 0 Å². The molecule has 0 N–H and O–H groups in total. The minimum atomic E-state index is -0.407. The highest BCUT2D eigenvalue weighted by molar-refractivity contribution is 5.92. The average molecular weight is 369 g/mol. The molecule has 3 aromatic rings. The molecule has 4 heteroatoms. The van der Waals surface area contributed by atoms with Gasteiger partial charge in [-0.3, -0.25) is 0 Å². The molecule has 0 bridgehead atoms. The fraction of sp³-hybridized carbons (Fsp3) is 0.0833. The van der Waals surface area contributed by atoms with Crippen molar-refractivity contribution in [2.75, 3.05) is 7.11 Å². The summed E-state index contributed by atoms with van der Waals surface area (Å²) in [7, 11) is 1.57. The zero-order chi connectivity index (χ0) is 19.9. The van der Waals surface area contributed by atoms with Crippen LogP contribution in [0.15, 0.2) is 72.8 Å². The fourth-order valence-electron chi connectivity index (χ4n) is 2.69. The summed E-state index contributed by atoms with van der Waals surface area (Å²) in [4.78, 5) is 12.2. The Morgan fingerprint density at radius 2 is 1.64 bits per heavy atom. The van der Waals surface area contributed by atoms with Crippen LogP contribution in [-0.2, 0) is 0 Å². The number of rotatable bonds is 5. The third-order valence-corrected chi connectivity index (χ3v) is 4.21. The maximum atomic E-state index is 12.2. The van der Waals surface area contributed by atoms with Crippen LogP contribution < -0.4 is 9.47 Å². The van der Waals surface area contributed by atoms with Gasteiger partial charge in [0.1, 0.15) is 11.5 Å². The molecule has 28 heavy (non-hydrogen) atoms. The van der Waals surface area contributed by atoms with E-state index in [0.29, 0.717) is 22.6 Å². The van der Waals surface area contributed by atoms with Crippen molar-refractivity contribution in [1.29, 1.82) is 5.26 Å². The molecule has 0 aromatic heterocycles. The van der Waals surface area contributed by atoms with E-state index in [1.54, 1.807) is 49.6 Å². The van der Waals surface area contributed by atoms with E-state index in [0.717, 1.165) is 16.7 Å². The molecule has 0 atom stereocenters. The van der Waals surface area contributed by atoms with Crippen LogP contribution in [-0.4, -0.2) is 13.1 Å². The summed E-state index contributed by atoms with van der Waals surface area (Å²) >= 11 is 0. The third kappa shape index (κ3) is 4.46. The molecule has 3 rings (SSSR count). The first kappa shape index (κ1) is 18.9. The van der Waals surface area contributed by atoms with E-state index in [1.165, 1.54) is 0 Å². The maximum Gasteiger partial charge on any atom is 0.343 e. The molecule has 0 unspecified atom stereocenters. The second kappa shape index (κ2) is 8.70.